The second-order valence-electron chi connectivity index (χ2n) is 5.25. The molecule has 0 spiro atoms. The standard InChI is InChI=1S/C13H22N2O3/c1-2-3-8-14(10-6-7-10)13(18)15-9-4-5-11(15)12(16)17/h10-11H,2-9H2,1H3,(H,16,17)/t11-/m1/s1. The van der Waals surface area contributed by atoms with Gasteiger partial charge in [-0.1, -0.05) is 13.3 Å². The van der Waals surface area contributed by atoms with Crippen LogP contribution in [-0.4, -0.2) is 52.1 Å². The number of carboxylic acids is 1. The van der Waals surface area contributed by atoms with Gasteiger partial charge in [-0.25, -0.2) is 9.59 Å². The first-order valence-corrected chi connectivity index (χ1v) is 6.95. The van der Waals surface area contributed by atoms with E-state index in [1.807, 2.05) is 4.90 Å². The Bertz CT molecular complexity index is 328. The Labute approximate surface area is 108 Å². The topological polar surface area (TPSA) is 60.9 Å². The van der Waals surface area contributed by atoms with E-state index in [-0.39, 0.29) is 6.03 Å². The third-order valence-corrected chi connectivity index (χ3v) is 3.77. The Kier molecular flexibility index (Phi) is 4.09. The lowest BCUT2D eigenvalue weighted by molar-refractivity contribution is -0.141. The molecule has 0 aromatic rings. The molecular weight excluding hydrogens is 232 g/mol. The van der Waals surface area contributed by atoms with Crippen molar-refractivity contribution in [3.8, 4) is 0 Å². The van der Waals surface area contributed by atoms with E-state index in [0.717, 1.165) is 38.6 Å². The van der Waals surface area contributed by atoms with E-state index >= 15 is 0 Å². The summed E-state index contributed by atoms with van der Waals surface area (Å²) in [6.07, 6.45) is 5.58. The molecule has 1 N–H and O–H groups in total. The van der Waals surface area contributed by atoms with Gasteiger partial charge in [0, 0.05) is 19.1 Å². The van der Waals surface area contributed by atoms with Crippen molar-refractivity contribution in [3.63, 3.8) is 0 Å². The summed E-state index contributed by atoms with van der Waals surface area (Å²) in [4.78, 5) is 27.0. The van der Waals surface area contributed by atoms with Gasteiger partial charge >= 0.3 is 12.0 Å². The van der Waals surface area contributed by atoms with Gasteiger partial charge in [0.05, 0.1) is 0 Å². The zero-order valence-electron chi connectivity index (χ0n) is 11.0. The molecule has 5 nitrogen and oxygen atoms in total. The predicted molar refractivity (Wildman–Crippen MR) is 67.4 cm³/mol. The molecule has 0 unspecified atom stereocenters. The highest BCUT2D eigenvalue weighted by atomic mass is 16.4. The molecule has 5 heteroatoms. The largest absolute Gasteiger partial charge is 0.480 e. The Morgan fingerprint density at radius 3 is 2.61 bits per heavy atom. The van der Waals surface area contributed by atoms with Crippen molar-refractivity contribution in [2.24, 2.45) is 0 Å². The smallest absolute Gasteiger partial charge is 0.326 e. The highest BCUT2D eigenvalue weighted by Crippen LogP contribution is 2.30. The van der Waals surface area contributed by atoms with Crippen molar-refractivity contribution >= 4 is 12.0 Å². The van der Waals surface area contributed by atoms with Gasteiger partial charge in [0.1, 0.15) is 6.04 Å². The normalized spacial score (nSPS) is 23.2. The fraction of sp³-hybridized carbons (Fsp3) is 0.846. The molecule has 1 atom stereocenters. The van der Waals surface area contributed by atoms with Crippen LogP contribution in [0.15, 0.2) is 0 Å². The lowest BCUT2D eigenvalue weighted by atomic mass is 10.2. The summed E-state index contributed by atoms with van der Waals surface area (Å²) >= 11 is 0. The SMILES string of the molecule is CCCCN(C(=O)N1CCC[C@@H]1C(=O)O)C1CC1. The fourth-order valence-corrected chi connectivity index (χ4v) is 2.57. The zero-order valence-corrected chi connectivity index (χ0v) is 11.0. The number of rotatable bonds is 5. The first-order valence-electron chi connectivity index (χ1n) is 6.95. The number of aliphatic carboxylic acids is 1. The molecule has 2 rings (SSSR count). The van der Waals surface area contributed by atoms with Gasteiger partial charge in [-0.2, -0.15) is 0 Å². The molecule has 18 heavy (non-hydrogen) atoms. The van der Waals surface area contributed by atoms with Crippen molar-refractivity contribution in [2.45, 2.75) is 57.5 Å². The van der Waals surface area contributed by atoms with Crippen molar-refractivity contribution in [1.82, 2.24) is 9.80 Å². The minimum atomic E-state index is -0.868. The fourth-order valence-electron chi connectivity index (χ4n) is 2.57. The number of hydrogen-bond donors (Lipinski definition) is 1. The lowest BCUT2D eigenvalue weighted by Crippen LogP contribution is -2.49. The Balaban J connectivity index is 2.00. The minimum Gasteiger partial charge on any atom is -0.480 e. The number of carbonyl (C=O) groups excluding carboxylic acids is 1. The van der Waals surface area contributed by atoms with E-state index in [4.69, 9.17) is 5.11 Å². The van der Waals surface area contributed by atoms with E-state index in [1.54, 1.807) is 4.90 Å². The molecule has 0 radical (unpaired) electrons. The monoisotopic (exact) mass is 254 g/mol. The average Bonchev–Trinajstić information content (AvgIpc) is 3.05. The van der Waals surface area contributed by atoms with Crippen molar-refractivity contribution < 1.29 is 14.7 Å². The number of hydrogen-bond acceptors (Lipinski definition) is 2. The Hall–Kier alpha value is -1.26. The first kappa shape index (κ1) is 13.2. The van der Waals surface area contributed by atoms with Gasteiger partial charge < -0.3 is 14.9 Å². The van der Waals surface area contributed by atoms with Crippen LogP contribution in [0.4, 0.5) is 4.79 Å². The molecule has 0 bridgehead atoms. The molecule has 102 valence electrons. The number of carbonyl (C=O) groups is 2. The summed E-state index contributed by atoms with van der Waals surface area (Å²) in [6, 6.07) is -0.310. The molecule has 0 aromatic carbocycles. The summed E-state index contributed by atoms with van der Waals surface area (Å²) in [5.41, 5.74) is 0. The molecule has 2 amide bonds. The third kappa shape index (κ3) is 2.76. The van der Waals surface area contributed by atoms with Gasteiger partial charge in [0.2, 0.25) is 0 Å². The first-order chi connectivity index (χ1) is 8.65. The molecule has 2 fully saturated rings. The van der Waals surface area contributed by atoms with Gasteiger partial charge in [-0.3, -0.25) is 0 Å². The van der Waals surface area contributed by atoms with Crippen LogP contribution < -0.4 is 0 Å². The highest BCUT2D eigenvalue weighted by molar-refractivity contribution is 5.83. The van der Waals surface area contributed by atoms with Crippen molar-refractivity contribution in [3.05, 3.63) is 0 Å². The van der Waals surface area contributed by atoms with Gasteiger partial charge in [0.25, 0.3) is 0 Å². The maximum Gasteiger partial charge on any atom is 0.326 e. The molecule has 1 heterocycles. The quantitative estimate of drug-likeness (QED) is 0.815. The minimum absolute atomic E-state index is 0.0594. The molecule has 0 aromatic heterocycles. The maximum absolute atomic E-state index is 12.4. The Morgan fingerprint density at radius 1 is 1.33 bits per heavy atom. The number of amides is 2. The molecule has 1 aliphatic carbocycles. The lowest BCUT2D eigenvalue weighted by Gasteiger charge is -2.30. The molecule has 1 saturated carbocycles. The summed E-state index contributed by atoms with van der Waals surface area (Å²) in [5.74, 6) is -0.868. The Morgan fingerprint density at radius 2 is 2.06 bits per heavy atom. The maximum atomic E-state index is 12.4. The van der Waals surface area contributed by atoms with E-state index in [2.05, 4.69) is 6.92 Å². The highest BCUT2D eigenvalue weighted by Gasteiger charge is 2.40. The van der Waals surface area contributed by atoms with Crippen LogP contribution in [-0.2, 0) is 4.79 Å². The summed E-state index contributed by atoms with van der Waals surface area (Å²) < 4.78 is 0. The van der Waals surface area contributed by atoms with Gasteiger partial charge in [-0.05, 0) is 32.1 Å². The second-order valence-corrected chi connectivity index (χ2v) is 5.25. The van der Waals surface area contributed by atoms with Crippen LogP contribution in [0.5, 0.6) is 0 Å². The molecular formula is C13H22N2O3. The number of carboxylic acid groups (broad SMARTS) is 1. The van der Waals surface area contributed by atoms with Crippen LogP contribution in [0.2, 0.25) is 0 Å². The van der Waals surface area contributed by atoms with Crippen molar-refractivity contribution in [2.75, 3.05) is 13.1 Å². The molecule has 1 saturated heterocycles. The number of likely N-dealkylation sites (tertiary alicyclic amines) is 1. The van der Waals surface area contributed by atoms with Crippen LogP contribution in [0.25, 0.3) is 0 Å². The summed E-state index contributed by atoms with van der Waals surface area (Å²) in [7, 11) is 0. The number of urea groups is 1. The second kappa shape index (κ2) is 5.59. The molecule has 1 aliphatic heterocycles. The summed E-state index contributed by atoms with van der Waals surface area (Å²) in [6.45, 7) is 3.46. The van der Waals surface area contributed by atoms with Crippen LogP contribution >= 0.6 is 0 Å². The van der Waals surface area contributed by atoms with Gasteiger partial charge in [0.15, 0.2) is 0 Å². The molecule has 2 aliphatic rings. The van der Waals surface area contributed by atoms with Crippen molar-refractivity contribution in [1.29, 1.82) is 0 Å². The zero-order chi connectivity index (χ0) is 13.1. The predicted octanol–water partition coefficient (Wildman–Crippen LogP) is 1.92. The number of unbranched alkanes of at least 4 members (excludes halogenated alkanes) is 1. The van der Waals surface area contributed by atoms with E-state index in [9.17, 15) is 9.59 Å². The van der Waals surface area contributed by atoms with Crippen LogP contribution in [0, 0.1) is 0 Å². The van der Waals surface area contributed by atoms with Crippen LogP contribution in [0.1, 0.15) is 45.4 Å². The third-order valence-electron chi connectivity index (χ3n) is 3.77. The average molecular weight is 254 g/mol. The van der Waals surface area contributed by atoms with Crippen LogP contribution in [0.3, 0.4) is 0 Å². The van der Waals surface area contributed by atoms with E-state index < -0.39 is 12.0 Å². The summed E-state index contributed by atoms with van der Waals surface area (Å²) in [5, 5.41) is 9.13. The van der Waals surface area contributed by atoms with Gasteiger partial charge in [-0.15, -0.1) is 0 Å². The van der Waals surface area contributed by atoms with E-state index in [0.29, 0.717) is 19.0 Å². The van der Waals surface area contributed by atoms with E-state index in [1.165, 1.54) is 0 Å². The number of nitrogens with zero attached hydrogens (tertiary/aromatic N) is 2.